The molecule has 1 aliphatic rings. The fraction of sp³-hybridized carbons (Fsp3) is 0.370. The Hall–Kier alpha value is -3.13. The molecule has 2 atom stereocenters. The molecule has 5 rings (SSSR count). The fourth-order valence-electron chi connectivity index (χ4n) is 5.12. The number of imidazole rings is 1. The number of nitrogens with zero attached hydrogens (tertiary/aromatic N) is 4. The van der Waals surface area contributed by atoms with Gasteiger partial charge in [0.15, 0.2) is 0 Å². The summed E-state index contributed by atoms with van der Waals surface area (Å²) in [6.07, 6.45) is 3.50. The molecule has 2 aromatic heterocycles. The number of hydrogen-bond acceptors (Lipinski definition) is 4. The molecule has 1 N–H and O–H groups in total. The van der Waals surface area contributed by atoms with Crippen molar-refractivity contribution in [2.75, 3.05) is 0 Å². The lowest BCUT2D eigenvalue weighted by Gasteiger charge is -2.28. The van der Waals surface area contributed by atoms with Crippen molar-refractivity contribution in [3.8, 4) is 5.75 Å². The average molecular weight is 537 g/mol. The van der Waals surface area contributed by atoms with Crippen molar-refractivity contribution in [2.24, 2.45) is 13.0 Å². The van der Waals surface area contributed by atoms with Crippen molar-refractivity contribution in [3.63, 3.8) is 0 Å². The van der Waals surface area contributed by atoms with Gasteiger partial charge in [-0.2, -0.15) is 5.10 Å². The lowest BCUT2D eigenvalue weighted by molar-refractivity contribution is -0.143. The van der Waals surface area contributed by atoms with Gasteiger partial charge in [-0.05, 0) is 55.7 Å². The quantitative estimate of drug-likeness (QED) is 0.321. The molecule has 8 heteroatoms. The highest BCUT2D eigenvalue weighted by Gasteiger charge is 2.35. The van der Waals surface area contributed by atoms with Crippen molar-refractivity contribution in [2.45, 2.75) is 51.7 Å². The maximum Gasteiger partial charge on any atom is 0.307 e. The Bertz CT molecular complexity index is 1360. The lowest BCUT2D eigenvalue weighted by Crippen LogP contribution is -2.27. The number of fused-ring (bicyclic) bond motifs is 1. The number of carboxylic acid groups (broad SMARTS) is 1. The molecule has 182 valence electrons. The van der Waals surface area contributed by atoms with E-state index >= 15 is 0 Å². The number of aryl methyl sites for hydroxylation is 2. The zero-order chi connectivity index (χ0) is 24.5. The summed E-state index contributed by atoms with van der Waals surface area (Å²) in [7, 11) is 1.91. The van der Waals surface area contributed by atoms with Gasteiger partial charge in [0.1, 0.15) is 18.2 Å². The first-order chi connectivity index (χ1) is 16.9. The van der Waals surface area contributed by atoms with Gasteiger partial charge in [-0.25, -0.2) is 4.98 Å². The largest absolute Gasteiger partial charge is 0.487 e. The Morgan fingerprint density at radius 2 is 1.91 bits per heavy atom. The van der Waals surface area contributed by atoms with E-state index in [0.717, 1.165) is 63.3 Å². The SMILES string of the molecule is Cc1cc(COc2ccc3nc([C@@H]4CCCC[C@@H]4C(=O)O)n(Cc4ccc(Br)cc4)c3c2)n(C)n1. The van der Waals surface area contributed by atoms with Crippen LogP contribution in [-0.4, -0.2) is 30.4 Å². The lowest BCUT2D eigenvalue weighted by atomic mass is 9.78. The number of aliphatic carboxylic acids is 1. The second-order valence-corrected chi connectivity index (χ2v) is 10.3. The van der Waals surface area contributed by atoms with Crippen molar-refractivity contribution >= 4 is 32.9 Å². The molecule has 1 fully saturated rings. The summed E-state index contributed by atoms with van der Waals surface area (Å²) in [5.41, 5.74) is 4.90. The second-order valence-electron chi connectivity index (χ2n) is 9.36. The van der Waals surface area contributed by atoms with E-state index in [1.54, 1.807) is 0 Å². The molecule has 0 aliphatic heterocycles. The fourth-order valence-corrected chi connectivity index (χ4v) is 5.39. The minimum Gasteiger partial charge on any atom is -0.487 e. The zero-order valence-corrected chi connectivity index (χ0v) is 21.5. The molecular weight excluding hydrogens is 508 g/mol. The van der Waals surface area contributed by atoms with Crippen LogP contribution in [0.3, 0.4) is 0 Å². The molecule has 0 radical (unpaired) electrons. The molecule has 1 aliphatic carbocycles. The zero-order valence-electron chi connectivity index (χ0n) is 19.9. The molecule has 0 spiro atoms. The topological polar surface area (TPSA) is 82.2 Å². The standard InChI is InChI=1S/C27H29BrN4O3/c1-17-13-20(31(2)30-17)16-35-21-11-12-24-25(14-21)32(15-18-7-9-19(28)10-8-18)26(29-24)22-5-3-4-6-23(22)27(33)34/h7-14,22-23H,3-6,15-16H2,1-2H3,(H,33,34)/t22-,23+/m1/s1. The van der Waals surface area contributed by atoms with Crippen molar-refractivity contribution < 1.29 is 14.6 Å². The first-order valence-corrected chi connectivity index (χ1v) is 12.8. The van der Waals surface area contributed by atoms with Crippen LogP contribution in [-0.2, 0) is 25.0 Å². The minimum absolute atomic E-state index is 0.106. The summed E-state index contributed by atoms with van der Waals surface area (Å²) in [6, 6.07) is 16.2. The second kappa shape index (κ2) is 9.85. The van der Waals surface area contributed by atoms with Gasteiger partial charge in [0.05, 0.1) is 28.3 Å². The summed E-state index contributed by atoms with van der Waals surface area (Å²) < 4.78 is 11.2. The molecular formula is C27H29BrN4O3. The number of aromatic nitrogens is 4. The van der Waals surface area contributed by atoms with Crippen LogP contribution in [0, 0.1) is 12.8 Å². The Kier molecular flexibility index (Phi) is 6.65. The summed E-state index contributed by atoms with van der Waals surface area (Å²) in [4.78, 5) is 17.1. The molecule has 2 aromatic carbocycles. The number of rotatable bonds is 7. The van der Waals surface area contributed by atoms with Crippen LogP contribution in [0.5, 0.6) is 5.75 Å². The van der Waals surface area contributed by atoms with Gasteiger partial charge in [0.2, 0.25) is 0 Å². The molecule has 0 saturated heterocycles. The van der Waals surface area contributed by atoms with Gasteiger partial charge in [0, 0.05) is 30.0 Å². The minimum atomic E-state index is -0.729. The summed E-state index contributed by atoms with van der Waals surface area (Å²) >= 11 is 3.51. The van der Waals surface area contributed by atoms with Gasteiger partial charge >= 0.3 is 5.97 Å². The van der Waals surface area contributed by atoms with Gasteiger partial charge in [-0.3, -0.25) is 9.48 Å². The predicted molar refractivity (Wildman–Crippen MR) is 138 cm³/mol. The van der Waals surface area contributed by atoms with Gasteiger partial charge in [0.25, 0.3) is 0 Å². The molecule has 2 heterocycles. The van der Waals surface area contributed by atoms with E-state index in [1.807, 2.05) is 55.1 Å². The average Bonchev–Trinajstić information content (AvgIpc) is 3.37. The predicted octanol–water partition coefficient (Wildman–Crippen LogP) is 5.83. The maximum absolute atomic E-state index is 12.1. The van der Waals surface area contributed by atoms with E-state index in [0.29, 0.717) is 19.6 Å². The Morgan fingerprint density at radius 1 is 1.14 bits per heavy atom. The molecule has 0 bridgehead atoms. The number of halogens is 1. The van der Waals surface area contributed by atoms with Crippen molar-refractivity contribution in [3.05, 3.63) is 75.8 Å². The van der Waals surface area contributed by atoms with E-state index in [2.05, 4.69) is 37.7 Å². The van der Waals surface area contributed by atoms with Crippen LogP contribution in [0.4, 0.5) is 0 Å². The Balaban J connectivity index is 1.54. The molecule has 1 saturated carbocycles. The van der Waals surface area contributed by atoms with Gasteiger partial charge in [-0.1, -0.05) is 40.9 Å². The van der Waals surface area contributed by atoms with Crippen LogP contribution >= 0.6 is 15.9 Å². The summed E-state index contributed by atoms with van der Waals surface area (Å²) in [5, 5.41) is 14.3. The highest BCUT2D eigenvalue weighted by molar-refractivity contribution is 9.10. The normalized spacial score (nSPS) is 18.1. The number of benzene rings is 2. The van der Waals surface area contributed by atoms with E-state index in [9.17, 15) is 9.90 Å². The van der Waals surface area contributed by atoms with E-state index in [-0.39, 0.29) is 5.92 Å². The van der Waals surface area contributed by atoms with Gasteiger partial charge < -0.3 is 14.4 Å². The molecule has 0 amide bonds. The van der Waals surface area contributed by atoms with Crippen LogP contribution in [0.2, 0.25) is 0 Å². The summed E-state index contributed by atoms with van der Waals surface area (Å²) in [6.45, 7) is 3.00. The van der Waals surface area contributed by atoms with Crippen molar-refractivity contribution in [1.29, 1.82) is 0 Å². The molecule has 7 nitrogen and oxygen atoms in total. The van der Waals surface area contributed by atoms with E-state index in [4.69, 9.17) is 9.72 Å². The first-order valence-electron chi connectivity index (χ1n) is 12.0. The van der Waals surface area contributed by atoms with Gasteiger partial charge in [-0.15, -0.1) is 0 Å². The Labute approximate surface area is 212 Å². The highest BCUT2D eigenvalue weighted by Crippen LogP contribution is 2.39. The highest BCUT2D eigenvalue weighted by atomic mass is 79.9. The number of ether oxygens (including phenoxy) is 1. The monoisotopic (exact) mass is 536 g/mol. The third kappa shape index (κ3) is 4.98. The van der Waals surface area contributed by atoms with Crippen LogP contribution in [0.25, 0.3) is 11.0 Å². The molecule has 0 unspecified atom stereocenters. The third-order valence-corrected chi connectivity index (χ3v) is 7.43. The molecule has 4 aromatic rings. The first kappa shape index (κ1) is 23.6. The van der Waals surface area contributed by atoms with Crippen LogP contribution < -0.4 is 4.74 Å². The number of carboxylic acids is 1. The van der Waals surface area contributed by atoms with Crippen LogP contribution in [0.1, 0.15) is 54.4 Å². The number of carbonyl (C=O) groups is 1. The van der Waals surface area contributed by atoms with E-state index in [1.165, 1.54) is 0 Å². The van der Waals surface area contributed by atoms with E-state index < -0.39 is 11.9 Å². The third-order valence-electron chi connectivity index (χ3n) is 6.90. The summed E-state index contributed by atoms with van der Waals surface area (Å²) in [5.74, 6) is 0.360. The molecule has 35 heavy (non-hydrogen) atoms. The van der Waals surface area contributed by atoms with Crippen LogP contribution in [0.15, 0.2) is 53.0 Å². The number of hydrogen-bond donors (Lipinski definition) is 1. The Morgan fingerprint density at radius 3 is 2.63 bits per heavy atom. The smallest absolute Gasteiger partial charge is 0.307 e. The van der Waals surface area contributed by atoms with Crippen molar-refractivity contribution in [1.82, 2.24) is 19.3 Å². The maximum atomic E-state index is 12.1.